The molecule has 0 aromatic heterocycles. The molecule has 1 heterocycles. The van der Waals surface area contributed by atoms with Crippen LogP contribution >= 0.6 is 7.60 Å². The maximum absolute atomic E-state index is 14.0. The monoisotopic (exact) mass is 556 g/mol. The second-order valence-electron chi connectivity index (χ2n) is 8.66. The summed E-state index contributed by atoms with van der Waals surface area (Å²) in [6.45, 7) is 5.01. The molecule has 4 rings (SSSR count). The highest BCUT2D eigenvalue weighted by Crippen LogP contribution is 2.48. The number of hydrogen-bond donors (Lipinski definition) is 1. The predicted molar refractivity (Wildman–Crippen MR) is 145 cm³/mol. The Bertz CT molecular complexity index is 1380. The lowest BCUT2D eigenvalue weighted by molar-refractivity contribution is 0.0516. The Kier molecular flexibility index (Phi) is 8.71. The van der Waals surface area contributed by atoms with Crippen LogP contribution < -0.4 is 30.1 Å². The van der Waals surface area contributed by atoms with Crippen LogP contribution in [0.5, 0.6) is 11.5 Å². The van der Waals surface area contributed by atoms with E-state index >= 15 is 0 Å². The Morgan fingerprint density at radius 3 is 1.85 bits per heavy atom. The standard InChI is InChI=1S/C27H29N2O9P/c1-3-35-26(32)18-6-10-20(11-7-18)37-39(34,38-21-12-8-19(9-13-21)27(33)36-4-2)17-16-29-15-5-14-28-22-23(29)25(31)24(22)30/h6-13,28H,3-5,14-17H2,1-2H3. The van der Waals surface area contributed by atoms with Crippen molar-refractivity contribution < 1.29 is 32.7 Å². The molecule has 1 aliphatic rings. The number of ether oxygens (including phenoxy) is 2. The number of nitrogens with zero attached hydrogens (tertiary/aromatic N) is 1. The van der Waals surface area contributed by atoms with Gasteiger partial charge in [-0.3, -0.25) is 9.59 Å². The van der Waals surface area contributed by atoms with Gasteiger partial charge in [-0.25, -0.2) is 14.2 Å². The summed E-state index contributed by atoms with van der Waals surface area (Å²) in [5.74, 6) is -0.601. The number of rotatable bonds is 11. The third-order valence-electron chi connectivity index (χ3n) is 5.97. The van der Waals surface area contributed by atoms with E-state index in [0.29, 0.717) is 30.6 Å². The van der Waals surface area contributed by atoms with Crippen LogP contribution in [0.3, 0.4) is 0 Å². The molecule has 3 aromatic carbocycles. The maximum atomic E-state index is 14.0. The lowest BCUT2D eigenvalue weighted by atomic mass is 10.2. The number of carbonyl (C=O) groups excluding carboxylic acids is 2. The third-order valence-corrected chi connectivity index (χ3v) is 7.70. The van der Waals surface area contributed by atoms with Gasteiger partial charge in [0, 0.05) is 19.6 Å². The van der Waals surface area contributed by atoms with Crippen molar-refractivity contribution in [3.05, 3.63) is 80.1 Å². The van der Waals surface area contributed by atoms with E-state index in [1.54, 1.807) is 18.7 Å². The minimum absolute atomic E-state index is 0.121. The molecule has 11 nitrogen and oxygen atoms in total. The summed E-state index contributed by atoms with van der Waals surface area (Å²) in [7, 11) is -3.92. The Hall–Kier alpha value is -4.11. The first-order chi connectivity index (χ1) is 18.7. The molecule has 0 atom stereocenters. The van der Waals surface area contributed by atoms with E-state index < -0.39 is 30.4 Å². The molecule has 0 aliphatic carbocycles. The number of nitrogens with one attached hydrogen (secondary N) is 1. The maximum Gasteiger partial charge on any atom is 0.432 e. The molecule has 0 unspecified atom stereocenters. The van der Waals surface area contributed by atoms with Crippen LogP contribution in [0.1, 0.15) is 41.0 Å². The van der Waals surface area contributed by atoms with Gasteiger partial charge in [-0.1, -0.05) is 0 Å². The fraction of sp³-hybridized carbons (Fsp3) is 0.333. The van der Waals surface area contributed by atoms with Crippen LogP contribution in [0.25, 0.3) is 0 Å². The van der Waals surface area contributed by atoms with E-state index in [2.05, 4.69) is 5.32 Å². The van der Waals surface area contributed by atoms with Gasteiger partial charge < -0.3 is 28.7 Å². The Morgan fingerprint density at radius 1 is 0.846 bits per heavy atom. The van der Waals surface area contributed by atoms with Crippen molar-refractivity contribution in [1.29, 1.82) is 0 Å². The van der Waals surface area contributed by atoms with Gasteiger partial charge in [0.25, 0.3) is 10.9 Å². The van der Waals surface area contributed by atoms with Gasteiger partial charge in [0.1, 0.15) is 22.9 Å². The van der Waals surface area contributed by atoms with Crippen LogP contribution in [0.4, 0.5) is 11.4 Å². The number of benzene rings is 2. The van der Waals surface area contributed by atoms with Crippen molar-refractivity contribution >= 4 is 30.9 Å². The molecule has 1 N–H and O–H groups in total. The van der Waals surface area contributed by atoms with Gasteiger partial charge in [-0.05, 0) is 68.8 Å². The molecule has 0 fully saturated rings. The molecular weight excluding hydrogens is 527 g/mol. The first-order valence-corrected chi connectivity index (χ1v) is 14.3. The molecule has 0 saturated heterocycles. The molecule has 0 amide bonds. The molecule has 0 saturated carbocycles. The summed E-state index contributed by atoms with van der Waals surface area (Å²) >= 11 is 0. The van der Waals surface area contributed by atoms with Crippen LogP contribution in [-0.4, -0.2) is 50.9 Å². The number of anilines is 2. The molecule has 0 spiro atoms. The van der Waals surface area contributed by atoms with Crippen LogP contribution in [-0.2, 0) is 14.0 Å². The lowest BCUT2D eigenvalue weighted by Crippen LogP contribution is -2.42. The van der Waals surface area contributed by atoms with Gasteiger partial charge in [0.15, 0.2) is 0 Å². The van der Waals surface area contributed by atoms with Gasteiger partial charge in [0.2, 0.25) is 0 Å². The van der Waals surface area contributed by atoms with E-state index in [1.165, 1.54) is 48.5 Å². The molecule has 12 heteroatoms. The van der Waals surface area contributed by atoms with E-state index in [4.69, 9.17) is 18.5 Å². The van der Waals surface area contributed by atoms with Gasteiger partial charge >= 0.3 is 19.5 Å². The SMILES string of the molecule is CCOC(=O)c1ccc(OP(=O)(CCN2CCCNc3c2c(=O)c3=O)Oc2ccc(C(=O)OCC)cc2)cc1. The summed E-state index contributed by atoms with van der Waals surface area (Å²) in [4.78, 5) is 49.8. The summed E-state index contributed by atoms with van der Waals surface area (Å²) in [5.41, 5.74) is 0.0226. The Balaban J connectivity index is 1.55. The minimum Gasteiger partial charge on any atom is -0.462 e. The van der Waals surface area contributed by atoms with E-state index in [9.17, 15) is 23.7 Å². The Labute approximate surface area is 224 Å². The number of esters is 2. The lowest BCUT2D eigenvalue weighted by Gasteiger charge is -2.27. The van der Waals surface area contributed by atoms with Crippen LogP contribution in [0.15, 0.2) is 58.1 Å². The van der Waals surface area contributed by atoms with Crippen molar-refractivity contribution in [2.24, 2.45) is 0 Å². The molecule has 206 valence electrons. The molecule has 0 radical (unpaired) electrons. The van der Waals surface area contributed by atoms with E-state index in [-0.39, 0.29) is 48.8 Å². The average molecular weight is 557 g/mol. The summed E-state index contributed by atoms with van der Waals surface area (Å²) in [5, 5.41) is 2.98. The fourth-order valence-corrected chi connectivity index (χ4v) is 5.66. The smallest absolute Gasteiger partial charge is 0.432 e. The van der Waals surface area contributed by atoms with Crippen molar-refractivity contribution in [1.82, 2.24) is 0 Å². The number of fused-ring (bicyclic) bond motifs is 1. The van der Waals surface area contributed by atoms with Crippen molar-refractivity contribution in [2.75, 3.05) is 49.2 Å². The van der Waals surface area contributed by atoms with E-state index in [0.717, 1.165) is 0 Å². The Morgan fingerprint density at radius 2 is 1.36 bits per heavy atom. The van der Waals surface area contributed by atoms with Gasteiger partial charge in [0.05, 0.1) is 30.5 Å². The fourth-order valence-electron chi connectivity index (χ4n) is 4.07. The van der Waals surface area contributed by atoms with Gasteiger partial charge in [-0.2, -0.15) is 0 Å². The van der Waals surface area contributed by atoms with Gasteiger partial charge in [-0.15, -0.1) is 0 Å². The summed E-state index contributed by atoms with van der Waals surface area (Å²) in [6, 6.07) is 11.9. The summed E-state index contributed by atoms with van der Waals surface area (Å²) < 4.78 is 35.7. The number of carbonyl (C=O) groups is 2. The summed E-state index contributed by atoms with van der Waals surface area (Å²) in [6.07, 6.45) is 0.550. The first kappa shape index (κ1) is 27.9. The molecule has 1 aliphatic heterocycles. The highest BCUT2D eigenvalue weighted by atomic mass is 31.2. The largest absolute Gasteiger partial charge is 0.462 e. The van der Waals surface area contributed by atoms with E-state index in [1.807, 2.05) is 0 Å². The quantitative estimate of drug-likeness (QED) is 0.211. The molecule has 39 heavy (non-hydrogen) atoms. The molecule has 3 aromatic rings. The zero-order valence-electron chi connectivity index (χ0n) is 21.6. The normalized spacial score (nSPS) is 13.1. The zero-order chi connectivity index (χ0) is 28.0. The molecule has 0 bridgehead atoms. The second-order valence-corrected chi connectivity index (χ2v) is 10.7. The van der Waals surface area contributed by atoms with Crippen molar-refractivity contribution in [3.8, 4) is 11.5 Å². The van der Waals surface area contributed by atoms with Crippen LogP contribution in [0, 0.1) is 0 Å². The topological polar surface area (TPSA) is 138 Å². The molecular formula is C27H29N2O9P. The van der Waals surface area contributed by atoms with Crippen LogP contribution in [0.2, 0.25) is 0 Å². The highest BCUT2D eigenvalue weighted by molar-refractivity contribution is 7.54. The predicted octanol–water partition coefficient (Wildman–Crippen LogP) is 3.61. The zero-order valence-corrected chi connectivity index (χ0v) is 22.5. The second kappa shape index (κ2) is 12.2. The van der Waals surface area contributed by atoms with Crippen molar-refractivity contribution in [3.63, 3.8) is 0 Å². The highest BCUT2D eigenvalue weighted by Gasteiger charge is 2.33. The number of hydrogen-bond acceptors (Lipinski definition) is 11. The first-order valence-electron chi connectivity index (χ1n) is 12.6. The van der Waals surface area contributed by atoms with Crippen molar-refractivity contribution in [2.45, 2.75) is 20.3 Å². The average Bonchev–Trinajstić information content (AvgIpc) is 3.13. The third kappa shape index (κ3) is 6.49. The minimum atomic E-state index is -3.92.